The van der Waals surface area contributed by atoms with Crippen LogP contribution in [0.15, 0.2) is 18.5 Å². The SMILES string of the molecule is CC(C)(C)C(=O)Nc1cncc(C#N)c1. The average molecular weight is 203 g/mol. The molecule has 1 heterocycles. The van der Waals surface area contributed by atoms with E-state index in [1.165, 1.54) is 12.4 Å². The van der Waals surface area contributed by atoms with Crippen molar-refractivity contribution >= 4 is 11.6 Å². The molecule has 0 bridgehead atoms. The van der Waals surface area contributed by atoms with Crippen LogP contribution < -0.4 is 5.32 Å². The van der Waals surface area contributed by atoms with Crippen LogP contribution in [-0.2, 0) is 4.79 Å². The van der Waals surface area contributed by atoms with Gasteiger partial charge in [-0.2, -0.15) is 5.26 Å². The van der Waals surface area contributed by atoms with Crippen molar-refractivity contribution in [3.8, 4) is 6.07 Å². The third-order valence-corrected chi connectivity index (χ3v) is 1.81. The highest BCUT2D eigenvalue weighted by Crippen LogP contribution is 2.17. The van der Waals surface area contributed by atoms with E-state index in [4.69, 9.17) is 5.26 Å². The van der Waals surface area contributed by atoms with E-state index in [0.717, 1.165) is 0 Å². The molecule has 0 aliphatic rings. The minimum atomic E-state index is -0.456. The number of nitrogens with zero attached hydrogens (tertiary/aromatic N) is 2. The number of carbonyl (C=O) groups excluding carboxylic acids is 1. The second-order valence-electron chi connectivity index (χ2n) is 4.28. The lowest BCUT2D eigenvalue weighted by atomic mass is 9.95. The zero-order valence-corrected chi connectivity index (χ0v) is 9.03. The summed E-state index contributed by atoms with van der Waals surface area (Å²) in [5.74, 6) is -0.0978. The summed E-state index contributed by atoms with van der Waals surface area (Å²) in [4.78, 5) is 15.5. The molecule has 0 saturated carbocycles. The first kappa shape index (κ1) is 11.2. The predicted octanol–water partition coefficient (Wildman–Crippen LogP) is 1.94. The van der Waals surface area contributed by atoms with Crippen LogP contribution in [0.2, 0.25) is 0 Å². The van der Waals surface area contributed by atoms with Crippen LogP contribution >= 0.6 is 0 Å². The van der Waals surface area contributed by atoms with E-state index in [1.54, 1.807) is 6.07 Å². The number of nitrogens with one attached hydrogen (secondary N) is 1. The van der Waals surface area contributed by atoms with Gasteiger partial charge in [0.05, 0.1) is 17.4 Å². The summed E-state index contributed by atoms with van der Waals surface area (Å²) in [5, 5.41) is 11.4. The Morgan fingerprint density at radius 2 is 2.13 bits per heavy atom. The molecule has 15 heavy (non-hydrogen) atoms. The van der Waals surface area contributed by atoms with Crippen molar-refractivity contribution in [1.29, 1.82) is 5.26 Å². The molecule has 4 nitrogen and oxygen atoms in total. The molecule has 0 unspecified atom stereocenters. The molecule has 1 rings (SSSR count). The number of anilines is 1. The first-order valence-corrected chi connectivity index (χ1v) is 4.60. The van der Waals surface area contributed by atoms with Gasteiger partial charge in [-0.15, -0.1) is 0 Å². The molecule has 4 heteroatoms. The number of amides is 1. The molecule has 0 fully saturated rings. The lowest BCUT2D eigenvalue weighted by molar-refractivity contribution is -0.123. The molecule has 78 valence electrons. The number of carbonyl (C=O) groups is 1. The maximum Gasteiger partial charge on any atom is 0.229 e. The number of hydrogen-bond acceptors (Lipinski definition) is 3. The fraction of sp³-hybridized carbons (Fsp3) is 0.364. The summed E-state index contributed by atoms with van der Waals surface area (Å²) in [5.41, 5.74) is 0.526. The quantitative estimate of drug-likeness (QED) is 0.758. The van der Waals surface area contributed by atoms with E-state index >= 15 is 0 Å². The third kappa shape index (κ3) is 3.06. The third-order valence-electron chi connectivity index (χ3n) is 1.81. The van der Waals surface area contributed by atoms with Gasteiger partial charge in [-0.25, -0.2) is 0 Å². The highest BCUT2D eigenvalue weighted by Gasteiger charge is 2.21. The molecule has 1 N–H and O–H groups in total. The fourth-order valence-corrected chi connectivity index (χ4v) is 0.888. The largest absolute Gasteiger partial charge is 0.324 e. The maximum absolute atomic E-state index is 11.6. The monoisotopic (exact) mass is 203 g/mol. The van der Waals surface area contributed by atoms with Gasteiger partial charge in [-0.3, -0.25) is 9.78 Å². The summed E-state index contributed by atoms with van der Waals surface area (Å²) in [6.07, 6.45) is 2.97. The van der Waals surface area contributed by atoms with Crippen LogP contribution in [0.5, 0.6) is 0 Å². The van der Waals surface area contributed by atoms with Gasteiger partial charge in [0.15, 0.2) is 0 Å². The second kappa shape index (κ2) is 4.09. The Labute approximate surface area is 88.9 Å². The highest BCUT2D eigenvalue weighted by molar-refractivity contribution is 5.94. The Kier molecular flexibility index (Phi) is 3.05. The van der Waals surface area contributed by atoms with Crippen LogP contribution in [0.4, 0.5) is 5.69 Å². The number of aromatic nitrogens is 1. The Morgan fingerprint density at radius 3 is 2.67 bits per heavy atom. The van der Waals surface area contributed by atoms with E-state index in [2.05, 4.69) is 10.3 Å². The van der Waals surface area contributed by atoms with Gasteiger partial charge in [-0.05, 0) is 6.07 Å². The van der Waals surface area contributed by atoms with Crippen LogP contribution in [0.25, 0.3) is 0 Å². The van der Waals surface area contributed by atoms with Crippen LogP contribution in [0, 0.1) is 16.7 Å². The van der Waals surface area contributed by atoms with Gasteiger partial charge in [0, 0.05) is 11.6 Å². The van der Waals surface area contributed by atoms with Crippen LogP contribution in [0.1, 0.15) is 26.3 Å². The van der Waals surface area contributed by atoms with Crippen molar-refractivity contribution in [3.63, 3.8) is 0 Å². The van der Waals surface area contributed by atoms with Gasteiger partial charge in [-0.1, -0.05) is 20.8 Å². The predicted molar refractivity (Wildman–Crippen MR) is 57.0 cm³/mol. The zero-order chi connectivity index (χ0) is 11.5. The molecule has 1 aromatic rings. The first-order chi connectivity index (χ1) is 6.93. The molecule has 0 spiro atoms. The topological polar surface area (TPSA) is 65.8 Å². The smallest absolute Gasteiger partial charge is 0.229 e. The lowest BCUT2D eigenvalue weighted by Gasteiger charge is -2.17. The highest BCUT2D eigenvalue weighted by atomic mass is 16.2. The number of pyridine rings is 1. The van der Waals surface area contributed by atoms with E-state index in [0.29, 0.717) is 11.3 Å². The Bertz CT molecular complexity index is 413. The normalized spacial score (nSPS) is 10.5. The summed E-state index contributed by atoms with van der Waals surface area (Å²) < 4.78 is 0. The molecule has 0 aliphatic heterocycles. The van der Waals surface area contributed by atoms with Crippen molar-refractivity contribution < 1.29 is 4.79 Å². The standard InChI is InChI=1S/C11H13N3O/c1-11(2,3)10(15)14-9-4-8(5-12)6-13-7-9/h4,6-7H,1-3H3,(H,14,15). The maximum atomic E-state index is 11.6. The molecule has 0 atom stereocenters. The summed E-state index contributed by atoms with van der Waals surface area (Å²) in [6.45, 7) is 5.47. The van der Waals surface area contributed by atoms with Gasteiger partial charge >= 0.3 is 0 Å². The number of nitriles is 1. The number of hydrogen-bond donors (Lipinski definition) is 1. The summed E-state index contributed by atoms with van der Waals surface area (Å²) in [6, 6.07) is 3.56. The molecule has 1 aromatic heterocycles. The fourth-order valence-electron chi connectivity index (χ4n) is 0.888. The molecule has 0 aromatic carbocycles. The number of rotatable bonds is 1. The average Bonchev–Trinajstić information content (AvgIpc) is 2.16. The minimum absolute atomic E-state index is 0.0978. The summed E-state index contributed by atoms with van der Waals surface area (Å²) in [7, 11) is 0. The van der Waals surface area contributed by atoms with Crippen LogP contribution in [-0.4, -0.2) is 10.9 Å². The van der Waals surface area contributed by atoms with E-state index in [9.17, 15) is 4.79 Å². The minimum Gasteiger partial charge on any atom is -0.324 e. The van der Waals surface area contributed by atoms with E-state index in [1.807, 2.05) is 26.8 Å². The Balaban J connectivity index is 2.83. The second-order valence-corrected chi connectivity index (χ2v) is 4.28. The lowest BCUT2D eigenvalue weighted by Crippen LogP contribution is -2.27. The van der Waals surface area contributed by atoms with E-state index in [-0.39, 0.29) is 5.91 Å². The van der Waals surface area contributed by atoms with Gasteiger partial charge < -0.3 is 5.32 Å². The molecule has 0 saturated heterocycles. The van der Waals surface area contributed by atoms with Crippen molar-refractivity contribution in [3.05, 3.63) is 24.0 Å². The van der Waals surface area contributed by atoms with Gasteiger partial charge in [0.2, 0.25) is 5.91 Å². The van der Waals surface area contributed by atoms with Crippen molar-refractivity contribution in [2.24, 2.45) is 5.41 Å². The molecular weight excluding hydrogens is 190 g/mol. The van der Waals surface area contributed by atoms with E-state index < -0.39 is 5.41 Å². The molecule has 0 aliphatic carbocycles. The first-order valence-electron chi connectivity index (χ1n) is 4.60. The zero-order valence-electron chi connectivity index (χ0n) is 9.03. The van der Waals surface area contributed by atoms with Crippen molar-refractivity contribution in [1.82, 2.24) is 4.98 Å². The molecule has 1 amide bonds. The van der Waals surface area contributed by atoms with Crippen LogP contribution in [0.3, 0.4) is 0 Å². The Morgan fingerprint density at radius 1 is 1.47 bits per heavy atom. The van der Waals surface area contributed by atoms with Crippen molar-refractivity contribution in [2.75, 3.05) is 5.32 Å². The van der Waals surface area contributed by atoms with Crippen molar-refractivity contribution in [2.45, 2.75) is 20.8 Å². The Hall–Kier alpha value is -1.89. The molecular formula is C11H13N3O. The molecule has 0 radical (unpaired) electrons. The summed E-state index contributed by atoms with van der Waals surface area (Å²) >= 11 is 0. The van der Waals surface area contributed by atoms with Gasteiger partial charge in [0.25, 0.3) is 0 Å². The van der Waals surface area contributed by atoms with Gasteiger partial charge in [0.1, 0.15) is 6.07 Å².